The third kappa shape index (κ3) is 8.62. The maximum absolute atomic E-state index is 5.69. The summed E-state index contributed by atoms with van der Waals surface area (Å²) in [5.41, 5.74) is 22.0. The van der Waals surface area contributed by atoms with Gasteiger partial charge in [0, 0.05) is 54.9 Å². The molecular formula is C76H52N6. The molecule has 0 aliphatic rings. The van der Waals surface area contributed by atoms with Gasteiger partial charge in [0.25, 0.3) is 0 Å². The van der Waals surface area contributed by atoms with Crippen LogP contribution in [0.4, 0.5) is 0 Å². The van der Waals surface area contributed by atoms with E-state index in [0.717, 1.165) is 123 Å². The van der Waals surface area contributed by atoms with E-state index in [1.54, 1.807) is 0 Å². The Kier molecular flexibility index (Phi) is 11.9. The minimum Gasteiger partial charge on any atom is -0.307 e. The number of nitrogens with zero attached hydrogens (tertiary/aromatic N) is 6. The molecule has 0 amide bonds. The van der Waals surface area contributed by atoms with Gasteiger partial charge in [-0.3, -0.25) is 0 Å². The van der Waals surface area contributed by atoms with E-state index in [9.17, 15) is 0 Å². The molecule has 15 aromatic rings. The van der Waals surface area contributed by atoms with E-state index >= 15 is 0 Å². The van der Waals surface area contributed by atoms with Crippen molar-refractivity contribution in [1.29, 1.82) is 0 Å². The molecule has 0 N–H and O–H groups in total. The summed E-state index contributed by atoms with van der Waals surface area (Å²) >= 11 is 0. The highest BCUT2D eigenvalue weighted by molar-refractivity contribution is 6.14. The largest absolute Gasteiger partial charge is 0.307 e. The Morgan fingerprint density at radius 3 is 1.02 bits per heavy atom. The van der Waals surface area contributed by atoms with Crippen molar-refractivity contribution in [3.05, 3.63) is 290 Å². The van der Waals surface area contributed by atoms with Crippen molar-refractivity contribution in [1.82, 2.24) is 29.1 Å². The van der Waals surface area contributed by atoms with Crippen molar-refractivity contribution in [2.75, 3.05) is 0 Å². The molecule has 0 aliphatic carbocycles. The molecule has 0 aliphatic heterocycles. The second-order valence-electron chi connectivity index (χ2n) is 21.2. The summed E-state index contributed by atoms with van der Waals surface area (Å²) in [5, 5.41) is 4.63. The third-order valence-electron chi connectivity index (χ3n) is 15.8. The van der Waals surface area contributed by atoms with E-state index in [4.69, 9.17) is 19.9 Å². The van der Waals surface area contributed by atoms with Crippen molar-refractivity contribution >= 4 is 43.6 Å². The average molecular weight is 1050 g/mol. The van der Waals surface area contributed by atoms with E-state index < -0.39 is 0 Å². The monoisotopic (exact) mass is 1050 g/mol. The van der Waals surface area contributed by atoms with Crippen molar-refractivity contribution in [3.8, 4) is 101 Å². The van der Waals surface area contributed by atoms with Gasteiger partial charge in [0.1, 0.15) is 0 Å². The van der Waals surface area contributed by atoms with Gasteiger partial charge < -0.3 is 9.13 Å². The zero-order chi connectivity index (χ0) is 54.7. The Balaban J connectivity index is 1.14. The minimum absolute atomic E-state index is 0.627. The average Bonchev–Trinajstić information content (AvgIpc) is 3.67. The summed E-state index contributed by atoms with van der Waals surface area (Å²) in [4.78, 5) is 21.9. The van der Waals surface area contributed by atoms with Crippen LogP contribution in [0.3, 0.4) is 0 Å². The second-order valence-corrected chi connectivity index (χ2v) is 21.2. The molecule has 11 aromatic carbocycles. The minimum atomic E-state index is 0.627. The first-order chi connectivity index (χ1) is 40.5. The van der Waals surface area contributed by atoms with Gasteiger partial charge in [-0.25, -0.2) is 19.9 Å². The van der Waals surface area contributed by atoms with Crippen LogP contribution in [-0.2, 0) is 0 Å². The molecule has 4 aromatic heterocycles. The number of fused-ring (bicyclic) bond motifs is 6. The zero-order valence-corrected chi connectivity index (χ0v) is 45.2. The van der Waals surface area contributed by atoms with Crippen molar-refractivity contribution < 1.29 is 0 Å². The van der Waals surface area contributed by atoms with Gasteiger partial charge in [-0.1, -0.05) is 217 Å². The quantitative estimate of drug-likeness (QED) is 0.137. The number of aromatic nitrogens is 6. The van der Waals surface area contributed by atoms with Crippen LogP contribution in [0.25, 0.3) is 145 Å². The SMILES string of the molecule is Cc1ccc2c(c1)c1cc(C)ccc1n2-c1c(-c2cc(-c3ccccc3)nc(-c3ccccc3)n2)cc(-c2cc(-c3ccccc3)nc(-c3ccccc3)n2)cc1-n1c2ccc(-c3ccccc3)cc2c2cc(-c3ccccc3)ccc21. The van der Waals surface area contributed by atoms with Gasteiger partial charge >= 0.3 is 0 Å². The second kappa shape index (κ2) is 20.1. The maximum Gasteiger partial charge on any atom is 0.160 e. The van der Waals surface area contributed by atoms with E-state index in [1.165, 1.54) is 21.9 Å². The lowest BCUT2D eigenvalue weighted by molar-refractivity contribution is 1.09. The molecule has 0 radical (unpaired) electrons. The Morgan fingerprint density at radius 2 is 0.585 bits per heavy atom. The summed E-state index contributed by atoms with van der Waals surface area (Å²) in [7, 11) is 0. The molecule has 82 heavy (non-hydrogen) atoms. The normalized spacial score (nSPS) is 11.5. The lowest BCUT2D eigenvalue weighted by Gasteiger charge is -2.23. The van der Waals surface area contributed by atoms with Crippen LogP contribution < -0.4 is 0 Å². The lowest BCUT2D eigenvalue weighted by atomic mass is 9.97. The molecule has 0 bridgehead atoms. The number of aryl methyl sites for hydroxylation is 2. The molecule has 0 unspecified atom stereocenters. The molecule has 0 spiro atoms. The predicted octanol–water partition coefficient (Wildman–Crippen LogP) is 19.4. The molecule has 0 fully saturated rings. The van der Waals surface area contributed by atoms with Gasteiger partial charge in [-0.05, 0) is 109 Å². The molecule has 4 heterocycles. The summed E-state index contributed by atoms with van der Waals surface area (Å²) in [6.07, 6.45) is 0. The predicted molar refractivity (Wildman–Crippen MR) is 339 cm³/mol. The Hall–Kier alpha value is -10.8. The first-order valence-corrected chi connectivity index (χ1v) is 27.9. The van der Waals surface area contributed by atoms with E-state index in [0.29, 0.717) is 11.6 Å². The standard InChI is InChI=1S/C76H52N6/c1-49-33-37-71-60(41-49)61-42-50(2)34-38-72(61)82(71)74-64(68-48-66(54-27-15-6-16-28-54)78-76(80-68)56-31-19-8-20-32-56)45-59(67-47-65(53-25-13-5-14-26-53)77-75(79-67)55-29-17-7-18-30-55)46-73(74)81-69-39-35-57(51-21-9-3-10-22-51)43-62(69)63-44-58(36-40-70(63)81)52-23-11-4-12-24-52/h3-48H,1-2H3. The first kappa shape index (κ1) is 48.3. The highest BCUT2D eigenvalue weighted by atomic mass is 15.1. The fourth-order valence-electron chi connectivity index (χ4n) is 11.9. The topological polar surface area (TPSA) is 61.4 Å². The highest BCUT2D eigenvalue weighted by Crippen LogP contribution is 2.46. The molecule has 15 rings (SSSR count). The van der Waals surface area contributed by atoms with Crippen LogP contribution in [0.1, 0.15) is 11.1 Å². The van der Waals surface area contributed by atoms with Crippen LogP contribution in [-0.4, -0.2) is 29.1 Å². The fraction of sp³-hybridized carbons (Fsp3) is 0.0263. The molecule has 0 atom stereocenters. The van der Waals surface area contributed by atoms with Crippen LogP contribution >= 0.6 is 0 Å². The summed E-state index contributed by atoms with van der Waals surface area (Å²) in [5.74, 6) is 1.26. The lowest BCUT2D eigenvalue weighted by Crippen LogP contribution is -2.08. The van der Waals surface area contributed by atoms with Gasteiger partial charge in [-0.15, -0.1) is 0 Å². The van der Waals surface area contributed by atoms with Crippen molar-refractivity contribution in [3.63, 3.8) is 0 Å². The van der Waals surface area contributed by atoms with Crippen LogP contribution in [0.5, 0.6) is 0 Å². The summed E-state index contributed by atoms with van der Waals surface area (Å²) in [6, 6.07) is 99.5. The Morgan fingerprint density at radius 1 is 0.244 bits per heavy atom. The van der Waals surface area contributed by atoms with Crippen LogP contribution in [0, 0.1) is 13.8 Å². The third-order valence-corrected chi connectivity index (χ3v) is 15.8. The molecule has 386 valence electrons. The van der Waals surface area contributed by atoms with Crippen LogP contribution in [0.2, 0.25) is 0 Å². The number of hydrogen-bond donors (Lipinski definition) is 0. The van der Waals surface area contributed by atoms with Crippen LogP contribution in [0.15, 0.2) is 279 Å². The van der Waals surface area contributed by atoms with E-state index in [1.807, 2.05) is 30.3 Å². The van der Waals surface area contributed by atoms with Gasteiger partial charge in [-0.2, -0.15) is 0 Å². The van der Waals surface area contributed by atoms with Gasteiger partial charge in [0.05, 0.1) is 56.2 Å². The first-order valence-electron chi connectivity index (χ1n) is 27.9. The zero-order valence-electron chi connectivity index (χ0n) is 45.2. The number of hydrogen-bond acceptors (Lipinski definition) is 4. The number of rotatable bonds is 10. The Labute approximate surface area is 475 Å². The Bertz CT molecular complexity index is 4630. The van der Waals surface area contributed by atoms with Crippen molar-refractivity contribution in [2.45, 2.75) is 13.8 Å². The smallest absolute Gasteiger partial charge is 0.160 e. The number of benzene rings is 11. The van der Waals surface area contributed by atoms with E-state index in [-0.39, 0.29) is 0 Å². The van der Waals surface area contributed by atoms with Gasteiger partial charge in [0.15, 0.2) is 11.6 Å². The molecule has 0 saturated carbocycles. The fourth-order valence-corrected chi connectivity index (χ4v) is 11.9. The molecule has 6 nitrogen and oxygen atoms in total. The summed E-state index contributed by atoms with van der Waals surface area (Å²) < 4.78 is 4.98. The molecule has 6 heteroatoms. The van der Waals surface area contributed by atoms with E-state index in [2.05, 4.69) is 272 Å². The molecule has 0 saturated heterocycles. The molecular weight excluding hydrogens is 997 g/mol. The highest BCUT2D eigenvalue weighted by Gasteiger charge is 2.27. The maximum atomic E-state index is 5.69. The summed E-state index contributed by atoms with van der Waals surface area (Å²) in [6.45, 7) is 4.36. The van der Waals surface area contributed by atoms with Crippen molar-refractivity contribution in [2.24, 2.45) is 0 Å². The van der Waals surface area contributed by atoms with Gasteiger partial charge in [0.2, 0.25) is 0 Å².